The third-order valence-corrected chi connectivity index (χ3v) is 3.58. The van der Waals surface area contributed by atoms with E-state index in [2.05, 4.69) is 22.6 Å². The van der Waals surface area contributed by atoms with Gasteiger partial charge in [-0.05, 0) is 40.8 Å². The Hall–Kier alpha value is -0.820. The molecule has 0 aliphatic heterocycles. The van der Waals surface area contributed by atoms with Gasteiger partial charge in [0.15, 0.2) is 0 Å². The molecule has 0 aliphatic carbocycles. The molecular formula is C9H7IN2OS. The molecule has 1 aromatic heterocycles. The Balaban J connectivity index is 2.76. The van der Waals surface area contributed by atoms with Gasteiger partial charge in [0.2, 0.25) is 0 Å². The predicted molar refractivity (Wildman–Crippen MR) is 67.2 cm³/mol. The lowest BCUT2D eigenvalue weighted by atomic mass is 10.2. The van der Waals surface area contributed by atoms with E-state index in [1.54, 1.807) is 12.1 Å². The van der Waals surface area contributed by atoms with Crippen LogP contribution in [0.1, 0.15) is 4.88 Å². The first-order chi connectivity index (χ1) is 6.58. The topological polar surface area (TPSA) is 70.1 Å². The van der Waals surface area contributed by atoms with Crippen LogP contribution < -0.4 is 5.73 Å². The van der Waals surface area contributed by atoms with Crippen LogP contribution in [-0.2, 0) is 0 Å². The summed E-state index contributed by atoms with van der Waals surface area (Å²) in [7, 11) is 0. The number of fused-ring (bicyclic) bond motifs is 1. The average Bonchev–Trinajstić information content (AvgIpc) is 2.47. The summed E-state index contributed by atoms with van der Waals surface area (Å²) in [6.45, 7) is 0. The van der Waals surface area contributed by atoms with Crippen molar-refractivity contribution in [1.82, 2.24) is 0 Å². The van der Waals surface area contributed by atoms with Crippen LogP contribution in [-0.4, -0.2) is 10.9 Å². The van der Waals surface area contributed by atoms with Crippen LogP contribution in [0.25, 0.3) is 10.1 Å². The Morgan fingerprint density at radius 1 is 1.43 bits per heavy atom. The highest BCUT2D eigenvalue weighted by Crippen LogP contribution is 2.33. The van der Waals surface area contributed by atoms with Gasteiger partial charge in [-0.15, -0.1) is 11.3 Å². The molecule has 5 heteroatoms. The summed E-state index contributed by atoms with van der Waals surface area (Å²) in [5, 5.41) is 17.7. The Labute approximate surface area is 98.2 Å². The zero-order chi connectivity index (χ0) is 10.3. The van der Waals surface area contributed by atoms with Gasteiger partial charge in [-0.2, -0.15) is 0 Å². The summed E-state index contributed by atoms with van der Waals surface area (Å²) in [5.41, 5.74) is 5.38. The van der Waals surface area contributed by atoms with Gasteiger partial charge in [-0.1, -0.05) is 0 Å². The summed E-state index contributed by atoms with van der Waals surface area (Å²) in [4.78, 5) is 0.692. The van der Waals surface area contributed by atoms with E-state index in [1.165, 1.54) is 11.3 Å². The number of phenolic OH excluding ortho intramolecular Hbond substituents is 1. The van der Waals surface area contributed by atoms with Crippen molar-refractivity contribution in [2.75, 3.05) is 0 Å². The van der Waals surface area contributed by atoms with Gasteiger partial charge in [0.1, 0.15) is 11.6 Å². The molecule has 3 nitrogen and oxygen atoms in total. The van der Waals surface area contributed by atoms with Crippen molar-refractivity contribution in [3.63, 3.8) is 0 Å². The van der Waals surface area contributed by atoms with Gasteiger partial charge in [0.05, 0.1) is 4.88 Å². The standard InChI is InChI=1S/C9H7IN2OS/c10-4-1-6(13)5-3-8(9(11)12)14-7(5)2-4/h1-3,13H,(H3,11,12). The Bertz CT molecular complexity index is 521. The molecule has 0 atom stereocenters. The van der Waals surface area contributed by atoms with E-state index in [9.17, 15) is 5.11 Å². The highest BCUT2D eigenvalue weighted by Gasteiger charge is 2.08. The SMILES string of the molecule is N=C(N)c1cc2c(O)cc(I)cc2s1. The predicted octanol–water partition coefficient (Wildman–Crippen LogP) is 2.50. The average molecular weight is 318 g/mol. The van der Waals surface area contributed by atoms with Gasteiger partial charge in [0, 0.05) is 13.7 Å². The minimum atomic E-state index is 0.0422. The van der Waals surface area contributed by atoms with Crippen molar-refractivity contribution < 1.29 is 5.11 Å². The Morgan fingerprint density at radius 2 is 2.14 bits per heavy atom. The maximum absolute atomic E-state index is 9.64. The number of rotatable bonds is 1. The van der Waals surface area contributed by atoms with Crippen LogP contribution >= 0.6 is 33.9 Å². The largest absolute Gasteiger partial charge is 0.507 e. The molecule has 0 fully saturated rings. The zero-order valence-corrected chi connectivity index (χ0v) is 10.0. The van der Waals surface area contributed by atoms with Gasteiger partial charge >= 0.3 is 0 Å². The summed E-state index contributed by atoms with van der Waals surface area (Å²) in [6.07, 6.45) is 0. The lowest BCUT2D eigenvalue weighted by Gasteiger charge is -1.94. The van der Waals surface area contributed by atoms with Gasteiger partial charge in [-0.3, -0.25) is 5.41 Å². The third-order valence-electron chi connectivity index (χ3n) is 1.85. The summed E-state index contributed by atoms with van der Waals surface area (Å²) in [6, 6.07) is 5.40. The number of hydrogen-bond donors (Lipinski definition) is 3. The molecule has 4 N–H and O–H groups in total. The fourth-order valence-electron chi connectivity index (χ4n) is 1.22. The molecule has 0 aliphatic rings. The molecular weight excluding hydrogens is 311 g/mol. The van der Waals surface area contributed by atoms with Crippen LogP contribution in [0.4, 0.5) is 0 Å². The molecule has 0 radical (unpaired) electrons. The maximum Gasteiger partial charge on any atom is 0.133 e. The monoisotopic (exact) mass is 318 g/mol. The lowest BCUT2D eigenvalue weighted by molar-refractivity contribution is 0.481. The number of hydrogen-bond acceptors (Lipinski definition) is 3. The van der Waals surface area contributed by atoms with E-state index in [-0.39, 0.29) is 11.6 Å². The van der Waals surface area contributed by atoms with E-state index in [1.807, 2.05) is 6.07 Å². The number of nitrogens with one attached hydrogen (secondary N) is 1. The lowest BCUT2D eigenvalue weighted by Crippen LogP contribution is -2.08. The highest BCUT2D eigenvalue weighted by molar-refractivity contribution is 14.1. The summed E-state index contributed by atoms with van der Waals surface area (Å²) < 4.78 is 1.93. The fourth-order valence-corrected chi connectivity index (χ4v) is 3.02. The molecule has 0 amide bonds. The minimum absolute atomic E-state index is 0.0422. The maximum atomic E-state index is 9.64. The Kier molecular flexibility index (Phi) is 2.36. The number of phenols is 1. The van der Waals surface area contributed by atoms with Crippen LogP contribution in [0, 0.1) is 8.98 Å². The van der Waals surface area contributed by atoms with Crippen LogP contribution in [0.2, 0.25) is 0 Å². The van der Waals surface area contributed by atoms with Gasteiger partial charge < -0.3 is 10.8 Å². The van der Waals surface area contributed by atoms with Crippen LogP contribution in [0.5, 0.6) is 5.75 Å². The van der Waals surface area contributed by atoms with E-state index in [4.69, 9.17) is 11.1 Å². The number of aromatic hydroxyl groups is 1. The molecule has 0 bridgehead atoms. The fraction of sp³-hybridized carbons (Fsp3) is 0. The molecule has 0 spiro atoms. The van der Waals surface area contributed by atoms with Crippen molar-refractivity contribution in [1.29, 1.82) is 5.41 Å². The molecule has 2 rings (SSSR count). The molecule has 0 unspecified atom stereocenters. The Morgan fingerprint density at radius 3 is 2.79 bits per heavy atom. The van der Waals surface area contributed by atoms with E-state index >= 15 is 0 Å². The number of nitrogen functional groups attached to an aromatic ring is 1. The zero-order valence-electron chi connectivity index (χ0n) is 7.04. The molecule has 0 saturated heterocycles. The van der Waals surface area contributed by atoms with Gasteiger partial charge in [0.25, 0.3) is 0 Å². The van der Waals surface area contributed by atoms with E-state index in [0.29, 0.717) is 4.88 Å². The molecule has 2 aromatic rings. The van der Waals surface area contributed by atoms with Crippen molar-refractivity contribution >= 4 is 49.8 Å². The van der Waals surface area contributed by atoms with Crippen molar-refractivity contribution in [3.8, 4) is 5.75 Å². The molecule has 1 heterocycles. The van der Waals surface area contributed by atoms with Crippen LogP contribution in [0.3, 0.4) is 0 Å². The number of thiophene rings is 1. The second-order valence-electron chi connectivity index (χ2n) is 2.86. The molecule has 72 valence electrons. The number of benzene rings is 1. The number of nitrogens with two attached hydrogens (primary N) is 1. The first-order valence-corrected chi connectivity index (χ1v) is 5.74. The highest BCUT2D eigenvalue weighted by atomic mass is 127. The van der Waals surface area contributed by atoms with E-state index in [0.717, 1.165) is 13.7 Å². The minimum Gasteiger partial charge on any atom is -0.507 e. The summed E-state index contributed by atoms with van der Waals surface area (Å²) in [5.74, 6) is 0.288. The van der Waals surface area contributed by atoms with Gasteiger partial charge in [-0.25, -0.2) is 0 Å². The molecule has 1 aromatic carbocycles. The van der Waals surface area contributed by atoms with E-state index < -0.39 is 0 Å². The van der Waals surface area contributed by atoms with Crippen LogP contribution in [0.15, 0.2) is 18.2 Å². The number of halogens is 1. The first kappa shape index (κ1) is 9.72. The van der Waals surface area contributed by atoms with Crippen molar-refractivity contribution in [3.05, 3.63) is 26.6 Å². The first-order valence-electron chi connectivity index (χ1n) is 3.84. The van der Waals surface area contributed by atoms with Crippen molar-refractivity contribution in [2.45, 2.75) is 0 Å². The third kappa shape index (κ3) is 1.57. The molecule has 14 heavy (non-hydrogen) atoms. The normalized spacial score (nSPS) is 10.6. The second kappa shape index (κ2) is 3.39. The second-order valence-corrected chi connectivity index (χ2v) is 5.19. The smallest absolute Gasteiger partial charge is 0.133 e. The summed E-state index contributed by atoms with van der Waals surface area (Å²) >= 11 is 3.56. The molecule has 0 saturated carbocycles. The quantitative estimate of drug-likeness (QED) is 0.429. The number of amidine groups is 1. The van der Waals surface area contributed by atoms with Crippen molar-refractivity contribution in [2.24, 2.45) is 5.73 Å².